The standard InChI is InChI=1S/C12H17N5O/c1-18-10-6-5-9-13-12-14-15-16-17(12)11-7-3-2-4-8-11/h2-4,7-8H,5-6,9-10H2,1H3,(H,13,14,16). The van der Waals surface area contributed by atoms with Crippen molar-refractivity contribution in [3.05, 3.63) is 30.3 Å². The summed E-state index contributed by atoms with van der Waals surface area (Å²) in [5.41, 5.74) is 0.946. The third-order valence-corrected chi connectivity index (χ3v) is 2.53. The Kier molecular flexibility index (Phi) is 4.66. The second kappa shape index (κ2) is 6.70. The summed E-state index contributed by atoms with van der Waals surface area (Å²) in [7, 11) is 1.71. The predicted octanol–water partition coefficient (Wildman–Crippen LogP) is 1.50. The fraction of sp³-hybridized carbons (Fsp3) is 0.417. The Balaban J connectivity index is 1.92. The second-order valence-corrected chi connectivity index (χ2v) is 3.88. The maximum Gasteiger partial charge on any atom is 0.247 e. The van der Waals surface area contributed by atoms with Gasteiger partial charge in [0.2, 0.25) is 5.95 Å². The van der Waals surface area contributed by atoms with Gasteiger partial charge in [0.25, 0.3) is 0 Å². The highest BCUT2D eigenvalue weighted by Gasteiger charge is 2.06. The number of anilines is 1. The number of tetrazole rings is 1. The maximum atomic E-state index is 5.00. The Morgan fingerprint density at radius 3 is 2.83 bits per heavy atom. The number of ether oxygens (including phenoxy) is 1. The van der Waals surface area contributed by atoms with E-state index in [9.17, 15) is 0 Å². The van der Waals surface area contributed by atoms with E-state index in [1.807, 2.05) is 30.3 Å². The molecule has 1 aromatic carbocycles. The van der Waals surface area contributed by atoms with Crippen molar-refractivity contribution < 1.29 is 4.74 Å². The van der Waals surface area contributed by atoms with Crippen LogP contribution in [-0.4, -0.2) is 40.5 Å². The van der Waals surface area contributed by atoms with Gasteiger partial charge in [-0.15, -0.1) is 0 Å². The largest absolute Gasteiger partial charge is 0.385 e. The molecule has 2 aromatic rings. The van der Waals surface area contributed by atoms with Crippen molar-refractivity contribution in [1.82, 2.24) is 20.2 Å². The molecule has 0 spiro atoms. The van der Waals surface area contributed by atoms with Gasteiger partial charge in [0.15, 0.2) is 0 Å². The maximum absolute atomic E-state index is 5.00. The molecule has 0 unspecified atom stereocenters. The zero-order valence-corrected chi connectivity index (χ0v) is 10.4. The average Bonchev–Trinajstić information content (AvgIpc) is 2.88. The Morgan fingerprint density at radius 1 is 1.22 bits per heavy atom. The number of aromatic nitrogens is 4. The Labute approximate surface area is 106 Å². The molecule has 0 amide bonds. The zero-order valence-electron chi connectivity index (χ0n) is 10.4. The van der Waals surface area contributed by atoms with E-state index < -0.39 is 0 Å². The van der Waals surface area contributed by atoms with Gasteiger partial charge < -0.3 is 10.1 Å². The van der Waals surface area contributed by atoms with E-state index in [4.69, 9.17) is 4.74 Å². The van der Waals surface area contributed by atoms with E-state index >= 15 is 0 Å². The van der Waals surface area contributed by atoms with Crippen LogP contribution < -0.4 is 5.32 Å². The minimum Gasteiger partial charge on any atom is -0.385 e. The number of unbranched alkanes of at least 4 members (excludes halogenated alkanes) is 1. The molecule has 1 N–H and O–H groups in total. The molecule has 0 atom stereocenters. The average molecular weight is 247 g/mol. The van der Waals surface area contributed by atoms with Crippen LogP contribution in [-0.2, 0) is 4.74 Å². The summed E-state index contributed by atoms with van der Waals surface area (Å²) in [5, 5.41) is 14.9. The van der Waals surface area contributed by atoms with Crippen molar-refractivity contribution in [2.45, 2.75) is 12.8 Å². The number of hydrogen-bond acceptors (Lipinski definition) is 5. The van der Waals surface area contributed by atoms with E-state index in [2.05, 4.69) is 20.8 Å². The normalized spacial score (nSPS) is 10.5. The van der Waals surface area contributed by atoms with E-state index in [1.54, 1.807) is 11.8 Å². The van der Waals surface area contributed by atoms with Gasteiger partial charge in [-0.2, -0.15) is 4.68 Å². The summed E-state index contributed by atoms with van der Waals surface area (Å²) in [6.07, 6.45) is 2.05. The van der Waals surface area contributed by atoms with Gasteiger partial charge in [-0.25, -0.2) is 0 Å². The summed E-state index contributed by atoms with van der Waals surface area (Å²) in [6, 6.07) is 9.81. The van der Waals surface area contributed by atoms with Crippen molar-refractivity contribution in [3.8, 4) is 5.69 Å². The number of methoxy groups -OCH3 is 1. The number of rotatable bonds is 7. The van der Waals surface area contributed by atoms with Crippen molar-refractivity contribution >= 4 is 5.95 Å². The summed E-state index contributed by atoms with van der Waals surface area (Å²) in [4.78, 5) is 0. The molecule has 6 heteroatoms. The third-order valence-electron chi connectivity index (χ3n) is 2.53. The number of benzene rings is 1. The fourth-order valence-electron chi connectivity index (χ4n) is 1.61. The lowest BCUT2D eigenvalue weighted by Crippen LogP contribution is -2.09. The van der Waals surface area contributed by atoms with Gasteiger partial charge in [0, 0.05) is 20.3 Å². The van der Waals surface area contributed by atoms with Gasteiger partial charge in [0.1, 0.15) is 0 Å². The molecule has 2 rings (SSSR count). The lowest BCUT2D eigenvalue weighted by atomic mass is 10.3. The number of hydrogen-bond donors (Lipinski definition) is 1. The van der Waals surface area contributed by atoms with Crippen LogP contribution in [0.5, 0.6) is 0 Å². The van der Waals surface area contributed by atoms with Gasteiger partial charge >= 0.3 is 0 Å². The van der Waals surface area contributed by atoms with Crippen LogP contribution in [0.3, 0.4) is 0 Å². The van der Waals surface area contributed by atoms with Gasteiger partial charge in [-0.1, -0.05) is 23.3 Å². The number of nitrogens with one attached hydrogen (secondary N) is 1. The first-order valence-corrected chi connectivity index (χ1v) is 5.98. The Bertz CT molecular complexity index is 457. The van der Waals surface area contributed by atoms with Crippen LogP contribution in [0.1, 0.15) is 12.8 Å². The van der Waals surface area contributed by atoms with Crippen LogP contribution >= 0.6 is 0 Å². The molecule has 0 saturated carbocycles. The highest BCUT2D eigenvalue weighted by atomic mass is 16.5. The topological polar surface area (TPSA) is 64.9 Å². The van der Waals surface area contributed by atoms with E-state index in [0.29, 0.717) is 5.95 Å². The molecule has 0 aliphatic carbocycles. The van der Waals surface area contributed by atoms with E-state index in [-0.39, 0.29) is 0 Å². The number of para-hydroxylation sites is 1. The lowest BCUT2D eigenvalue weighted by Gasteiger charge is -2.06. The van der Waals surface area contributed by atoms with Crippen molar-refractivity contribution in [1.29, 1.82) is 0 Å². The van der Waals surface area contributed by atoms with Gasteiger partial charge in [-0.05, 0) is 35.4 Å². The highest BCUT2D eigenvalue weighted by molar-refractivity contribution is 5.38. The first kappa shape index (κ1) is 12.5. The molecule has 0 aliphatic heterocycles. The zero-order chi connectivity index (χ0) is 12.6. The molecule has 6 nitrogen and oxygen atoms in total. The van der Waals surface area contributed by atoms with Crippen LogP contribution in [0.25, 0.3) is 5.69 Å². The van der Waals surface area contributed by atoms with Gasteiger partial charge in [0.05, 0.1) is 5.69 Å². The van der Waals surface area contributed by atoms with Crippen molar-refractivity contribution in [2.24, 2.45) is 0 Å². The molecular weight excluding hydrogens is 230 g/mol. The quantitative estimate of drug-likeness (QED) is 0.751. The molecule has 1 aromatic heterocycles. The molecular formula is C12H17N5O. The van der Waals surface area contributed by atoms with Crippen molar-refractivity contribution in [2.75, 3.05) is 25.6 Å². The minimum atomic E-state index is 0.665. The molecule has 1 heterocycles. The summed E-state index contributed by atoms with van der Waals surface area (Å²) in [6.45, 7) is 1.61. The van der Waals surface area contributed by atoms with Crippen LogP contribution in [0.4, 0.5) is 5.95 Å². The lowest BCUT2D eigenvalue weighted by molar-refractivity contribution is 0.193. The summed E-state index contributed by atoms with van der Waals surface area (Å²) < 4.78 is 6.69. The van der Waals surface area contributed by atoms with Crippen LogP contribution in [0, 0.1) is 0 Å². The predicted molar refractivity (Wildman–Crippen MR) is 68.8 cm³/mol. The van der Waals surface area contributed by atoms with Crippen LogP contribution in [0.15, 0.2) is 30.3 Å². The molecule has 0 radical (unpaired) electrons. The van der Waals surface area contributed by atoms with E-state index in [0.717, 1.165) is 31.7 Å². The minimum absolute atomic E-state index is 0.665. The molecule has 0 saturated heterocycles. The molecule has 0 bridgehead atoms. The first-order chi connectivity index (χ1) is 8.92. The molecule has 0 fully saturated rings. The first-order valence-electron chi connectivity index (χ1n) is 5.98. The van der Waals surface area contributed by atoms with E-state index in [1.165, 1.54) is 0 Å². The Morgan fingerprint density at radius 2 is 2.06 bits per heavy atom. The Hall–Kier alpha value is -1.95. The molecule has 18 heavy (non-hydrogen) atoms. The molecule has 0 aliphatic rings. The third kappa shape index (κ3) is 3.27. The summed E-state index contributed by atoms with van der Waals surface area (Å²) >= 11 is 0. The SMILES string of the molecule is COCCCCNc1nnnn1-c1ccccc1. The summed E-state index contributed by atoms with van der Waals surface area (Å²) in [5.74, 6) is 0.665. The number of nitrogens with zero attached hydrogens (tertiary/aromatic N) is 4. The smallest absolute Gasteiger partial charge is 0.247 e. The van der Waals surface area contributed by atoms with Crippen molar-refractivity contribution in [3.63, 3.8) is 0 Å². The molecule has 96 valence electrons. The van der Waals surface area contributed by atoms with Crippen LogP contribution in [0.2, 0.25) is 0 Å². The highest BCUT2D eigenvalue weighted by Crippen LogP contribution is 2.10. The van der Waals surface area contributed by atoms with Gasteiger partial charge in [-0.3, -0.25) is 0 Å². The second-order valence-electron chi connectivity index (χ2n) is 3.88. The monoisotopic (exact) mass is 247 g/mol. The fourth-order valence-corrected chi connectivity index (χ4v) is 1.61.